The van der Waals surface area contributed by atoms with E-state index in [1.54, 1.807) is 41.6 Å². The van der Waals surface area contributed by atoms with Crippen LogP contribution >= 0.6 is 23.2 Å². The van der Waals surface area contributed by atoms with E-state index < -0.39 is 0 Å². The van der Waals surface area contributed by atoms with E-state index in [0.29, 0.717) is 85.7 Å². The number of benzene rings is 2. The van der Waals surface area contributed by atoms with Crippen LogP contribution in [0, 0.1) is 13.8 Å². The Balaban J connectivity index is 0.000000232. The van der Waals surface area contributed by atoms with Crippen LogP contribution in [0.5, 0.6) is 0 Å². The molecule has 2 fully saturated rings. The Morgan fingerprint density at radius 1 is 0.656 bits per heavy atom. The Kier molecular flexibility index (Phi) is 17.7. The molecule has 4 heterocycles. The number of pyridine rings is 2. The van der Waals surface area contributed by atoms with Gasteiger partial charge in [0.1, 0.15) is 11.6 Å². The zero-order valence-corrected chi connectivity index (χ0v) is 37.4. The minimum atomic E-state index is -0.149. The van der Waals surface area contributed by atoms with Crippen molar-refractivity contribution in [3.05, 3.63) is 116 Å². The van der Waals surface area contributed by atoms with Gasteiger partial charge in [0.25, 0.3) is 23.6 Å². The highest BCUT2D eigenvalue weighted by Gasteiger charge is 2.25. The molecule has 0 unspecified atom stereocenters. The highest BCUT2D eigenvalue weighted by atomic mass is 35.5. The smallest absolute Gasteiger partial charge is 0.254 e. The van der Waals surface area contributed by atoms with Crippen molar-refractivity contribution >= 4 is 58.5 Å². The Labute approximate surface area is 369 Å². The van der Waals surface area contributed by atoms with Gasteiger partial charge in [0.05, 0.1) is 17.2 Å². The fourth-order valence-corrected chi connectivity index (χ4v) is 7.48. The summed E-state index contributed by atoms with van der Waals surface area (Å²) in [6, 6.07) is 18.1. The molecule has 2 aliphatic rings. The second-order valence-corrected chi connectivity index (χ2v) is 16.4. The maximum Gasteiger partial charge on any atom is 0.254 e. The van der Waals surface area contributed by atoms with E-state index in [2.05, 4.69) is 37.3 Å². The second kappa shape index (κ2) is 23.1. The van der Waals surface area contributed by atoms with Crippen molar-refractivity contribution in [1.29, 1.82) is 0 Å². The van der Waals surface area contributed by atoms with Gasteiger partial charge in [-0.1, -0.05) is 54.2 Å². The first kappa shape index (κ1) is 46.8. The normalized spacial score (nSPS) is 14.0. The molecule has 4 aromatic rings. The molecule has 0 atom stereocenters. The molecule has 0 spiro atoms. The van der Waals surface area contributed by atoms with Gasteiger partial charge >= 0.3 is 0 Å². The zero-order valence-electron chi connectivity index (χ0n) is 35.9. The zero-order chi connectivity index (χ0) is 43.9. The molecule has 6 rings (SSSR count). The number of anilines is 2. The minimum Gasteiger partial charge on any atom is -0.379 e. The lowest BCUT2D eigenvalue weighted by Crippen LogP contribution is -2.49. The number of amides is 4. The van der Waals surface area contributed by atoms with Crippen molar-refractivity contribution in [2.75, 3.05) is 81.9 Å². The second-order valence-electron chi connectivity index (χ2n) is 15.5. The van der Waals surface area contributed by atoms with Gasteiger partial charge < -0.3 is 35.0 Å². The van der Waals surface area contributed by atoms with E-state index in [-0.39, 0.29) is 29.7 Å². The van der Waals surface area contributed by atoms with Crippen LogP contribution in [0.4, 0.5) is 11.6 Å². The Bertz CT molecular complexity index is 2060. The Morgan fingerprint density at radius 3 is 1.62 bits per heavy atom. The Hall–Kier alpha value is -5.24. The number of rotatable bonds is 14. The standard InChI is InChI=1S/C23H28Cl2N4O3.C23H30N4O2/c1-16(2)32-11-3-6-26-22(30)17-4-5-21(27-15-17)28-7-9-29(10-8-28)23(31)18-12-19(24)14-20(25)13-18;1-4-5-10-24-22(28)19-7-9-21(25-16-19)26-11-13-27(14-12-26)23(29)20-8-6-17(2)15-18(20)3/h4-5,12-16H,3,6-11H2,1-2H3,(H,26,30);6-9,15-16H,4-5,10-14H2,1-3H3,(H,24,28). The van der Waals surface area contributed by atoms with E-state index in [9.17, 15) is 19.2 Å². The quantitative estimate of drug-likeness (QED) is 0.127. The van der Waals surface area contributed by atoms with Crippen molar-refractivity contribution in [1.82, 2.24) is 30.4 Å². The molecule has 0 radical (unpaired) electrons. The van der Waals surface area contributed by atoms with Crippen molar-refractivity contribution in [2.45, 2.75) is 60.0 Å². The largest absolute Gasteiger partial charge is 0.379 e. The summed E-state index contributed by atoms with van der Waals surface area (Å²) in [5, 5.41) is 6.66. The van der Waals surface area contributed by atoms with E-state index in [1.165, 1.54) is 0 Å². The molecule has 15 heteroatoms. The maximum absolute atomic E-state index is 12.9. The van der Waals surface area contributed by atoms with Gasteiger partial charge in [-0.3, -0.25) is 19.2 Å². The molecule has 2 aromatic carbocycles. The summed E-state index contributed by atoms with van der Waals surface area (Å²) in [7, 11) is 0. The molecule has 326 valence electrons. The number of carbonyl (C=O) groups is 4. The first-order valence-corrected chi connectivity index (χ1v) is 21.8. The number of nitrogens with one attached hydrogen (secondary N) is 2. The molecule has 0 saturated carbocycles. The van der Waals surface area contributed by atoms with E-state index in [4.69, 9.17) is 27.9 Å². The van der Waals surface area contributed by atoms with Crippen LogP contribution in [0.15, 0.2) is 73.1 Å². The molecular formula is C46H58Cl2N8O5. The molecule has 2 aliphatic heterocycles. The molecule has 13 nitrogen and oxygen atoms in total. The van der Waals surface area contributed by atoms with Gasteiger partial charge in [0, 0.05) is 106 Å². The molecule has 2 aromatic heterocycles. The first-order chi connectivity index (χ1) is 29.3. The molecule has 2 N–H and O–H groups in total. The van der Waals surface area contributed by atoms with Gasteiger partial charge in [-0.2, -0.15) is 0 Å². The lowest BCUT2D eigenvalue weighted by atomic mass is 10.0. The van der Waals surface area contributed by atoms with Crippen LogP contribution in [0.25, 0.3) is 0 Å². The highest BCUT2D eigenvalue weighted by molar-refractivity contribution is 6.35. The van der Waals surface area contributed by atoms with Crippen molar-refractivity contribution in [3.8, 4) is 0 Å². The van der Waals surface area contributed by atoms with E-state index in [0.717, 1.165) is 60.7 Å². The number of ether oxygens (including phenoxy) is 1. The highest BCUT2D eigenvalue weighted by Crippen LogP contribution is 2.22. The van der Waals surface area contributed by atoms with Gasteiger partial charge in [-0.15, -0.1) is 0 Å². The SMILES string of the molecule is CC(C)OCCCNC(=O)c1ccc(N2CCN(C(=O)c3cc(Cl)cc(Cl)c3)CC2)nc1.CCCCNC(=O)c1ccc(N2CCN(C(=O)c3ccc(C)cc3C)CC2)nc1. The molecule has 0 bridgehead atoms. The number of aromatic nitrogens is 2. The summed E-state index contributed by atoms with van der Waals surface area (Å²) in [5.74, 6) is 1.39. The predicted molar refractivity (Wildman–Crippen MR) is 242 cm³/mol. The average Bonchev–Trinajstić information content (AvgIpc) is 3.26. The molecule has 4 amide bonds. The molecule has 2 saturated heterocycles. The van der Waals surface area contributed by atoms with Crippen LogP contribution in [0.3, 0.4) is 0 Å². The van der Waals surface area contributed by atoms with Gasteiger partial charge in [0.2, 0.25) is 0 Å². The Morgan fingerprint density at radius 2 is 1.16 bits per heavy atom. The lowest BCUT2D eigenvalue weighted by molar-refractivity contribution is 0.0738. The number of hydrogen-bond acceptors (Lipinski definition) is 9. The van der Waals surface area contributed by atoms with Crippen LogP contribution in [0.2, 0.25) is 10.0 Å². The van der Waals surface area contributed by atoms with Crippen LogP contribution < -0.4 is 20.4 Å². The van der Waals surface area contributed by atoms with Gasteiger partial charge in [-0.25, -0.2) is 9.97 Å². The van der Waals surface area contributed by atoms with Gasteiger partial charge in [0.15, 0.2) is 0 Å². The van der Waals surface area contributed by atoms with Crippen LogP contribution in [0.1, 0.15) is 92.6 Å². The fraction of sp³-hybridized carbons (Fsp3) is 0.435. The summed E-state index contributed by atoms with van der Waals surface area (Å²) < 4.78 is 5.46. The summed E-state index contributed by atoms with van der Waals surface area (Å²) >= 11 is 12.0. The van der Waals surface area contributed by atoms with Crippen molar-refractivity contribution < 1.29 is 23.9 Å². The third-order valence-corrected chi connectivity index (χ3v) is 10.8. The number of hydrogen-bond donors (Lipinski definition) is 2. The predicted octanol–water partition coefficient (Wildman–Crippen LogP) is 7.09. The fourth-order valence-electron chi connectivity index (χ4n) is 6.95. The van der Waals surface area contributed by atoms with Crippen molar-refractivity contribution in [3.63, 3.8) is 0 Å². The van der Waals surface area contributed by atoms with Gasteiger partial charge in [-0.05, 0) is 94.6 Å². The van der Waals surface area contributed by atoms with E-state index >= 15 is 0 Å². The van der Waals surface area contributed by atoms with E-state index in [1.807, 2.05) is 69.0 Å². The summed E-state index contributed by atoms with van der Waals surface area (Å²) in [6.45, 7) is 17.1. The third kappa shape index (κ3) is 13.9. The first-order valence-electron chi connectivity index (χ1n) is 21.0. The monoisotopic (exact) mass is 872 g/mol. The summed E-state index contributed by atoms with van der Waals surface area (Å²) in [5.41, 5.74) is 4.55. The molecule has 61 heavy (non-hydrogen) atoms. The minimum absolute atomic E-state index is 0.0821. The summed E-state index contributed by atoms with van der Waals surface area (Å²) in [4.78, 5) is 66.8. The van der Waals surface area contributed by atoms with Crippen LogP contribution in [-0.2, 0) is 4.74 Å². The lowest BCUT2D eigenvalue weighted by Gasteiger charge is -2.35. The molecular weight excluding hydrogens is 815 g/mol. The third-order valence-electron chi connectivity index (χ3n) is 10.4. The summed E-state index contributed by atoms with van der Waals surface area (Å²) in [6.07, 6.45) is 6.19. The number of piperazine rings is 2. The number of aryl methyl sites for hydroxylation is 2. The number of unbranched alkanes of at least 4 members (excludes halogenated alkanes) is 1. The van der Waals surface area contributed by atoms with Crippen molar-refractivity contribution in [2.24, 2.45) is 0 Å². The average molecular weight is 874 g/mol. The maximum atomic E-state index is 12.9. The number of carbonyl (C=O) groups excluding carboxylic acids is 4. The van der Waals surface area contributed by atoms with Crippen LogP contribution in [-0.4, -0.2) is 122 Å². The number of nitrogens with zero attached hydrogens (tertiary/aromatic N) is 6. The topological polar surface area (TPSA) is 140 Å². The number of halogens is 2. The molecule has 0 aliphatic carbocycles.